The second-order valence-electron chi connectivity index (χ2n) is 7.51. The van der Waals surface area contributed by atoms with E-state index in [9.17, 15) is 17.6 Å². The maximum absolute atomic E-state index is 13.7. The van der Waals surface area contributed by atoms with Crippen molar-refractivity contribution in [3.63, 3.8) is 0 Å². The standard InChI is InChI=1S/C25H16F4N2/c1-31-14-21(19-4-2-3-5-23(19)31)24(15-6-8-16(9-7-15)25(27,28)29)20-13-30-22-12-17(26)10-11-18(20)22/h2-14H,1H3/p+1. The van der Waals surface area contributed by atoms with E-state index < -0.39 is 11.7 Å². The number of aromatic nitrogens is 1. The molecule has 0 fully saturated rings. The van der Waals surface area contributed by atoms with Gasteiger partial charge >= 0.3 is 6.18 Å². The summed E-state index contributed by atoms with van der Waals surface area (Å²) in [6, 6.07) is 17.5. The number of H-pyrrole nitrogens is 1. The summed E-state index contributed by atoms with van der Waals surface area (Å²) in [5, 5.41) is 0.796. The predicted molar refractivity (Wildman–Crippen MR) is 114 cm³/mol. The van der Waals surface area contributed by atoms with Crippen LogP contribution in [0.25, 0.3) is 22.0 Å². The lowest BCUT2D eigenvalue weighted by molar-refractivity contribution is -0.395. The van der Waals surface area contributed by atoms with Crippen LogP contribution < -0.4 is 0 Å². The summed E-state index contributed by atoms with van der Waals surface area (Å²) in [6.45, 7) is 0. The summed E-state index contributed by atoms with van der Waals surface area (Å²) in [4.78, 5) is 3.09. The fourth-order valence-electron chi connectivity index (χ4n) is 4.13. The first kappa shape index (κ1) is 19.3. The first-order valence-electron chi connectivity index (χ1n) is 9.69. The maximum Gasteiger partial charge on any atom is 0.416 e. The van der Waals surface area contributed by atoms with Gasteiger partial charge in [0.25, 0.3) is 0 Å². The Morgan fingerprint density at radius 3 is 2.42 bits per heavy atom. The lowest BCUT2D eigenvalue weighted by Crippen LogP contribution is -2.04. The molecule has 5 rings (SSSR count). The van der Waals surface area contributed by atoms with Crippen LogP contribution in [0.3, 0.4) is 0 Å². The normalized spacial score (nSPS) is 15.2. The zero-order valence-corrected chi connectivity index (χ0v) is 16.5. The molecule has 31 heavy (non-hydrogen) atoms. The van der Waals surface area contributed by atoms with E-state index in [0.717, 1.165) is 45.5 Å². The number of rotatable bonds is 2. The molecule has 0 atom stereocenters. The molecule has 6 heteroatoms. The van der Waals surface area contributed by atoms with Gasteiger partial charge in [0.05, 0.1) is 16.7 Å². The van der Waals surface area contributed by atoms with Crippen LogP contribution in [0.4, 0.5) is 23.2 Å². The van der Waals surface area contributed by atoms with Gasteiger partial charge in [0.15, 0.2) is 6.21 Å². The topological polar surface area (TPSA) is 18.8 Å². The molecular weight excluding hydrogens is 404 g/mol. The molecule has 2 nitrogen and oxygen atoms in total. The lowest BCUT2D eigenvalue weighted by Gasteiger charge is -2.12. The van der Waals surface area contributed by atoms with Crippen LogP contribution >= 0.6 is 0 Å². The number of alkyl halides is 3. The van der Waals surface area contributed by atoms with Crippen molar-refractivity contribution in [2.75, 3.05) is 7.05 Å². The highest BCUT2D eigenvalue weighted by molar-refractivity contribution is 6.25. The predicted octanol–water partition coefficient (Wildman–Crippen LogP) is 6.64. The number of benzene rings is 3. The summed E-state index contributed by atoms with van der Waals surface area (Å²) in [6.07, 6.45) is -0.657. The Morgan fingerprint density at radius 2 is 1.68 bits per heavy atom. The third-order valence-corrected chi connectivity index (χ3v) is 5.58. The van der Waals surface area contributed by atoms with Gasteiger partial charge < -0.3 is 4.98 Å². The van der Waals surface area contributed by atoms with Gasteiger partial charge in [-0.1, -0.05) is 24.3 Å². The number of allylic oxidation sites excluding steroid dienone is 1. The van der Waals surface area contributed by atoms with Crippen molar-refractivity contribution in [1.82, 2.24) is 4.98 Å². The molecule has 0 radical (unpaired) electrons. The highest BCUT2D eigenvalue weighted by Crippen LogP contribution is 2.41. The van der Waals surface area contributed by atoms with Crippen molar-refractivity contribution in [1.29, 1.82) is 0 Å². The molecule has 3 aromatic carbocycles. The summed E-state index contributed by atoms with van der Waals surface area (Å²) in [7, 11) is 1.93. The molecule has 0 bridgehead atoms. The molecule has 1 aliphatic heterocycles. The van der Waals surface area contributed by atoms with Crippen molar-refractivity contribution in [3.8, 4) is 0 Å². The zero-order chi connectivity index (χ0) is 21.8. The minimum atomic E-state index is -4.41. The monoisotopic (exact) mass is 421 g/mol. The lowest BCUT2D eigenvalue weighted by atomic mass is 9.89. The van der Waals surface area contributed by atoms with E-state index in [-0.39, 0.29) is 5.82 Å². The number of halogens is 4. The van der Waals surface area contributed by atoms with Crippen LogP contribution in [0.15, 0.2) is 72.9 Å². The number of fused-ring (bicyclic) bond motifs is 2. The van der Waals surface area contributed by atoms with Crippen LogP contribution in [0.2, 0.25) is 0 Å². The number of nitrogens with one attached hydrogen (secondary N) is 1. The molecule has 154 valence electrons. The largest absolute Gasteiger partial charge is 0.416 e. The van der Waals surface area contributed by atoms with Gasteiger partial charge in [-0.3, -0.25) is 0 Å². The minimum absolute atomic E-state index is 0.359. The van der Waals surface area contributed by atoms with Gasteiger partial charge in [-0.25, -0.2) is 8.97 Å². The first-order chi connectivity index (χ1) is 14.8. The van der Waals surface area contributed by atoms with E-state index in [0.29, 0.717) is 11.1 Å². The van der Waals surface area contributed by atoms with E-state index in [4.69, 9.17) is 0 Å². The average molecular weight is 421 g/mol. The molecule has 0 amide bonds. The van der Waals surface area contributed by atoms with Gasteiger partial charge in [-0.05, 0) is 42.0 Å². The van der Waals surface area contributed by atoms with E-state index >= 15 is 0 Å². The first-order valence-corrected chi connectivity index (χ1v) is 9.69. The molecule has 0 aliphatic carbocycles. The number of para-hydroxylation sites is 1. The van der Waals surface area contributed by atoms with Crippen molar-refractivity contribution in [3.05, 3.63) is 101 Å². The fourth-order valence-corrected chi connectivity index (χ4v) is 4.13. The SMILES string of the molecule is C[N+]1=C/C(=C(/c2ccc(C(F)(F)F)cc2)c2c[nH]c3cc(F)ccc23)c2ccccc21. The van der Waals surface area contributed by atoms with Crippen LogP contribution in [0, 0.1) is 5.82 Å². The molecule has 1 aliphatic rings. The minimum Gasteiger partial charge on any atom is -0.360 e. The van der Waals surface area contributed by atoms with E-state index in [2.05, 4.69) is 4.98 Å². The molecule has 0 spiro atoms. The molecule has 2 heterocycles. The number of hydrogen-bond donors (Lipinski definition) is 1. The smallest absolute Gasteiger partial charge is 0.360 e. The summed E-state index contributed by atoms with van der Waals surface area (Å²) >= 11 is 0. The van der Waals surface area contributed by atoms with Gasteiger partial charge in [0, 0.05) is 34.3 Å². The Labute approximate surface area is 175 Å². The van der Waals surface area contributed by atoms with Crippen molar-refractivity contribution >= 4 is 34.0 Å². The van der Waals surface area contributed by atoms with Gasteiger partial charge in [-0.15, -0.1) is 0 Å². The second kappa shape index (κ2) is 6.94. The van der Waals surface area contributed by atoms with Gasteiger partial charge in [-0.2, -0.15) is 13.2 Å². The molecule has 0 unspecified atom stereocenters. The summed E-state index contributed by atoms with van der Waals surface area (Å²) < 4.78 is 55.1. The number of nitrogens with zero attached hydrogens (tertiary/aromatic N) is 1. The van der Waals surface area contributed by atoms with Crippen LogP contribution in [0.5, 0.6) is 0 Å². The Bertz CT molecular complexity index is 1370. The van der Waals surface area contributed by atoms with Crippen molar-refractivity contribution < 1.29 is 22.1 Å². The van der Waals surface area contributed by atoms with Crippen LogP contribution in [-0.4, -0.2) is 22.8 Å². The molecule has 0 saturated heterocycles. The Morgan fingerprint density at radius 1 is 0.935 bits per heavy atom. The number of hydrogen-bond acceptors (Lipinski definition) is 0. The van der Waals surface area contributed by atoms with E-state index in [1.54, 1.807) is 12.3 Å². The highest BCUT2D eigenvalue weighted by atomic mass is 19.4. The Kier molecular flexibility index (Phi) is 4.32. The number of aromatic amines is 1. The second-order valence-corrected chi connectivity index (χ2v) is 7.51. The maximum atomic E-state index is 13.7. The molecular formula is C25H17F4N2+. The van der Waals surface area contributed by atoms with E-state index in [1.807, 2.05) is 42.1 Å². The zero-order valence-electron chi connectivity index (χ0n) is 16.5. The molecule has 0 saturated carbocycles. The fraction of sp³-hybridized carbons (Fsp3) is 0.0800. The average Bonchev–Trinajstić information content (AvgIpc) is 3.30. The molecule has 1 N–H and O–H groups in total. The Hall–Kier alpha value is -3.67. The molecule has 1 aromatic heterocycles. The van der Waals surface area contributed by atoms with Crippen LogP contribution in [-0.2, 0) is 6.18 Å². The quantitative estimate of drug-likeness (QED) is 0.276. The molecule has 4 aromatic rings. The van der Waals surface area contributed by atoms with E-state index in [1.165, 1.54) is 24.3 Å². The summed E-state index contributed by atoms with van der Waals surface area (Å²) in [5.74, 6) is -0.359. The van der Waals surface area contributed by atoms with Crippen molar-refractivity contribution in [2.24, 2.45) is 0 Å². The van der Waals surface area contributed by atoms with Crippen LogP contribution in [0.1, 0.15) is 22.3 Å². The summed E-state index contributed by atoms with van der Waals surface area (Å²) in [5.41, 5.74) is 5.03. The van der Waals surface area contributed by atoms with Gasteiger partial charge in [0.2, 0.25) is 5.69 Å². The third-order valence-electron chi connectivity index (χ3n) is 5.58. The highest BCUT2D eigenvalue weighted by Gasteiger charge is 2.31. The Balaban J connectivity index is 1.81. The third kappa shape index (κ3) is 3.24. The van der Waals surface area contributed by atoms with Gasteiger partial charge in [0.1, 0.15) is 12.9 Å². The van der Waals surface area contributed by atoms with Crippen molar-refractivity contribution in [2.45, 2.75) is 6.18 Å².